The summed E-state index contributed by atoms with van der Waals surface area (Å²) >= 11 is 0. The second-order valence-corrected chi connectivity index (χ2v) is 6.66. The van der Waals surface area contributed by atoms with Crippen LogP contribution in [0.2, 0.25) is 0 Å². The lowest BCUT2D eigenvalue weighted by atomic mass is 9.79. The molecule has 3 rings (SSSR count). The Kier molecular flexibility index (Phi) is 2.60. The number of rotatable bonds is 3. The molecule has 0 bridgehead atoms. The van der Waals surface area contributed by atoms with Crippen molar-refractivity contribution in [2.45, 2.75) is 51.7 Å². The first-order valence-electron chi connectivity index (χ1n) is 7.01. The lowest BCUT2D eigenvalue weighted by molar-refractivity contribution is -0.140. The van der Waals surface area contributed by atoms with E-state index in [4.69, 9.17) is 4.74 Å². The van der Waals surface area contributed by atoms with Crippen molar-refractivity contribution in [3.8, 4) is 0 Å². The van der Waals surface area contributed by atoms with Gasteiger partial charge in [-0.2, -0.15) is 0 Å². The van der Waals surface area contributed by atoms with Crippen molar-refractivity contribution in [2.75, 3.05) is 0 Å². The van der Waals surface area contributed by atoms with Gasteiger partial charge in [-0.05, 0) is 49.9 Å². The highest BCUT2D eigenvalue weighted by Gasteiger charge is 2.66. The van der Waals surface area contributed by atoms with Crippen LogP contribution < -0.4 is 0 Å². The van der Waals surface area contributed by atoms with Gasteiger partial charge < -0.3 is 9.84 Å². The van der Waals surface area contributed by atoms with Crippen LogP contribution in [0.5, 0.6) is 0 Å². The van der Waals surface area contributed by atoms with Gasteiger partial charge in [-0.15, -0.1) is 0 Å². The quantitative estimate of drug-likeness (QED) is 0.617. The molecule has 2 aliphatic carbocycles. The molecule has 0 amide bonds. The third-order valence-corrected chi connectivity index (χ3v) is 5.53. The zero-order valence-corrected chi connectivity index (χ0v) is 11.2. The Bertz CT molecular complexity index is 401. The van der Waals surface area contributed by atoms with E-state index in [1.54, 1.807) is 0 Å². The van der Waals surface area contributed by atoms with E-state index in [2.05, 4.69) is 13.5 Å². The first kappa shape index (κ1) is 12.2. The SMILES string of the molecule is C=C1C(=O)O[C@H]2C[C@@]3(C)[C@H](CCC(C)O)[C@H]3C[C@@H]12. The maximum Gasteiger partial charge on any atom is 0.334 e. The number of fused-ring (bicyclic) bond motifs is 2. The summed E-state index contributed by atoms with van der Waals surface area (Å²) in [6.45, 7) is 8.05. The summed E-state index contributed by atoms with van der Waals surface area (Å²) in [5.74, 6) is 1.47. The number of ether oxygens (including phenoxy) is 1. The summed E-state index contributed by atoms with van der Waals surface area (Å²) in [7, 11) is 0. The van der Waals surface area contributed by atoms with Crippen LogP contribution >= 0.6 is 0 Å². The number of aliphatic hydroxyl groups excluding tert-OH is 1. The van der Waals surface area contributed by atoms with Crippen LogP contribution in [-0.4, -0.2) is 23.3 Å². The highest BCUT2D eigenvalue weighted by atomic mass is 16.6. The van der Waals surface area contributed by atoms with Crippen LogP contribution in [0.15, 0.2) is 12.2 Å². The van der Waals surface area contributed by atoms with Crippen molar-refractivity contribution in [2.24, 2.45) is 23.2 Å². The van der Waals surface area contributed by atoms with E-state index in [1.165, 1.54) is 0 Å². The first-order valence-corrected chi connectivity index (χ1v) is 7.01. The summed E-state index contributed by atoms with van der Waals surface area (Å²) in [4.78, 5) is 11.5. The summed E-state index contributed by atoms with van der Waals surface area (Å²) in [5.41, 5.74) is 1.02. The van der Waals surface area contributed by atoms with Crippen LogP contribution in [0.4, 0.5) is 0 Å². The maximum absolute atomic E-state index is 11.5. The fraction of sp³-hybridized carbons (Fsp3) is 0.800. The second-order valence-electron chi connectivity index (χ2n) is 6.66. The summed E-state index contributed by atoms with van der Waals surface area (Å²) in [5, 5.41) is 9.40. The number of aliphatic hydroxyl groups is 1. The van der Waals surface area contributed by atoms with Gasteiger partial charge in [0.15, 0.2) is 0 Å². The van der Waals surface area contributed by atoms with Gasteiger partial charge in [-0.25, -0.2) is 4.79 Å². The van der Waals surface area contributed by atoms with Gasteiger partial charge in [0.25, 0.3) is 0 Å². The molecular weight excluding hydrogens is 228 g/mol. The third kappa shape index (κ3) is 1.63. The average Bonchev–Trinajstić information content (AvgIpc) is 2.77. The lowest BCUT2D eigenvalue weighted by Crippen LogP contribution is -2.26. The highest BCUT2D eigenvalue weighted by Crippen LogP contribution is 2.70. The molecule has 1 unspecified atom stereocenters. The van der Waals surface area contributed by atoms with Crippen LogP contribution in [-0.2, 0) is 9.53 Å². The maximum atomic E-state index is 11.5. The van der Waals surface area contributed by atoms with Crippen molar-refractivity contribution in [1.82, 2.24) is 0 Å². The number of hydrogen-bond donors (Lipinski definition) is 1. The Hall–Kier alpha value is -0.830. The molecule has 1 N–H and O–H groups in total. The monoisotopic (exact) mass is 250 g/mol. The normalized spacial score (nSPS) is 47.3. The molecule has 0 spiro atoms. The number of hydrogen-bond acceptors (Lipinski definition) is 3. The van der Waals surface area contributed by atoms with E-state index in [0.29, 0.717) is 22.8 Å². The molecule has 0 radical (unpaired) electrons. The minimum atomic E-state index is -0.205. The van der Waals surface area contributed by atoms with Crippen LogP contribution in [0.1, 0.15) is 39.5 Å². The van der Waals surface area contributed by atoms with Crippen LogP contribution in [0.25, 0.3) is 0 Å². The molecule has 1 saturated heterocycles. The average molecular weight is 250 g/mol. The molecule has 0 aromatic carbocycles. The van der Waals surface area contributed by atoms with E-state index in [0.717, 1.165) is 25.7 Å². The fourth-order valence-corrected chi connectivity index (χ4v) is 4.31. The fourth-order valence-electron chi connectivity index (χ4n) is 4.31. The van der Waals surface area contributed by atoms with E-state index in [1.807, 2.05) is 6.92 Å². The molecule has 18 heavy (non-hydrogen) atoms. The molecule has 3 nitrogen and oxygen atoms in total. The zero-order chi connectivity index (χ0) is 13.1. The first-order chi connectivity index (χ1) is 8.43. The van der Waals surface area contributed by atoms with Gasteiger partial charge in [0, 0.05) is 11.5 Å². The van der Waals surface area contributed by atoms with Crippen molar-refractivity contribution in [1.29, 1.82) is 0 Å². The predicted molar refractivity (Wildman–Crippen MR) is 67.7 cm³/mol. The zero-order valence-electron chi connectivity index (χ0n) is 11.2. The summed E-state index contributed by atoms with van der Waals surface area (Å²) < 4.78 is 5.43. The lowest BCUT2D eigenvalue weighted by Gasteiger charge is -2.27. The van der Waals surface area contributed by atoms with Crippen molar-refractivity contribution in [3.05, 3.63) is 12.2 Å². The Morgan fingerprint density at radius 2 is 2.33 bits per heavy atom. The molecule has 2 saturated carbocycles. The minimum absolute atomic E-state index is 0.0720. The number of carbonyl (C=O) groups excluding carboxylic acids is 1. The van der Waals surface area contributed by atoms with Gasteiger partial charge in [-0.1, -0.05) is 13.5 Å². The molecule has 0 aromatic heterocycles. The van der Waals surface area contributed by atoms with E-state index in [9.17, 15) is 9.90 Å². The van der Waals surface area contributed by atoms with E-state index < -0.39 is 0 Å². The van der Waals surface area contributed by atoms with Gasteiger partial charge in [-0.3, -0.25) is 0 Å². The Morgan fingerprint density at radius 1 is 1.61 bits per heavy atom. The summed E-state index contributed by atoms with van der Waals surface area (Å²) in [6, 6.07) is 0. The third-order valence-electron chi connectivity index (χ3n) is 5.53. The highest BCUT2D eigenvalue weighted by molar-refractivity contribution is 5.90. The molecule has 3 fully saturated rings. The largest absolute Gasteiger partial charge is 0.458 e. The molecule has 6 atom stereocenters. The number of esters is 1. The molecule has 100 valence electrons. The molecule has 3 aliphatic rings. The molecule has 1 aliphatic heterocycles. The van der Waals surface area contributed by atoms with E-state index in [-0.39, 0.29) is 24.1 Å². The van der Waals surface area contributed by atoms with Crippen molar-refractivity contribution >= 4 is 5.97 Å². The summed E-state index contributed by atoms with van der Waals surface area (Å²) in [6.07, 6.45) is 3.88. The van der Waals surface area contributed by atoms with Gasteiger partial charge >= 0.3 is 5.97 Å². The molecular formula is C15H22O3. The smallest absolute Gasteiger partial charge is 0.334 e. The Labute approximate surface area is 108 Å². The van der Waals surface area contributed by atoms with Crippen LogP contribution in [0, 0.1) is 23.2 Å². The Morgan fingerprint density at radius 3 is 3.00 bits per heavy atom. The molecule has 1 heterocycles. The number of carbonyl (C=O) groups is 1. The standard InChI is InChI=1S/C15H22O3/c1-8(16)4-5-11-12-6-10-9(2)14(17)18-13(10)7-15(11,12)3/h8,10-13,16H,2,4-7H2,1,3H3/t8?,10-,11+,12+,13-,15-/m0/s1. The van der Waals surface area contributed by atoms with Crippen molar-refractivity contribution < 1.29 is 14.6 Å². The Balaban J connectivity index is 1.67. The molecule has 0 aromatic rings. The van der Waals surface area contributed by atoms with Gasteiger partial charge in [0.05, 0.1) is 6.10 Å². The van der Waals surface area contributed by atoms with Crippen LogP contribution in [0.3, 0.4) is 0 Å². The minimum Gasteiger partial charge on any atom is -0.458 e. The van der Waals surface area contributed by atoms with Crippen molar-refractivity contribution in [3.63, 3.8) is 0 Å². The topological polar surface area (TPSA) is 46.5 Å². The van der Waals surface area contributed by atoms with E-state index >= 15 is 0 Å². The van der Waals surface area contributed by atoms with Gasteiger partial charge in [0.2, 0.25) is 0 Å². The predicted octanol–water partition coefficient (Wildman–Crippen LogP) is 2.29. The molecule has 3 heteroatoms. The second kappa shape index (κ2) is 3.83. The van der Waals surface area contributed by atoms with Gasteiger partial charge in [0.1, 0.15) is 6.10 Å².